The van der Waals surface area contributed by atoms with Gasteiger partial charge in [0.2, 0.25) is 5.91 Å². The molecule has 0 spiro atoms. The largest absolute Gasteiger partial charge is 0.457 e. The normalized spacial score (nSPS) is 17.3. The lowest BCUT2D eigenvalue weighted by Gasteiger charge is -2.16. The van der Waals surface area contributed by atoms with Gasteiger partial charge in [-0.15, -0.1) is 0 Å². The van der Waals surface area contributed by atoms with Crippen molar-refractivity contribution in [1.82, 2.24) is 4.90 Å². The molecule has 0 radical (unpaired) electrons. The Balaban J connectivity index is 1.55. The molecular weight excluding hydrogens is 338 g/mol. The summed E-state index contributed by atoms with van der Waals surface area (Å²) >= 11 is 0. The first kappa shape index (κ1) is 17.2. The summed E-state index contributed by atoms with van der Waals surface area (Å²) in [6.45, 7) is 3.67. The molecule has 5 heteroatoms. The van der Waals surface area contributed by atoms with E-state index in [1.165, 1.54) is 0 Å². The lowest BCUT2D eigenvalue weighted by molar-refractivity contribution is -0.128. The molecule has 0 N–H and O–H groups in total. The molecule has 1 heterocycles. The molecule has 1 amide bonds. The number of hydrogen-bond acceptors (Lipinski definition) is 4. The fourth-order valence-corrected chi connectivity index (χ4v) is 4.78. The van der Waals surface area contributed by atoms with Crippen LogP contribution in [0.15, 0.2) is 54.6 Å². The molecule has 1 aliphatic rings. The summed E-state index contributed by atoms with van der Waals surface area (Å²) in [5, 5.41) is 0.420. The summed E-state index contributed by atoms with van der Waals surface area (Å²) in [6, 6.07) is 17.7. The minimum atomic E-state index is 0.258. The average molecular weight is 360 g/mol. The maximum atomic E-state index is 12.1. The predicted molar refractivity (Wildman–Crippen MR) is 103 cm³/mol. The van der Waals surface area contributed by atoms with E-state index in [2.05, 4.69) is 6.92 Å². The summed E-state index contributed by atoms with van der Waals surface area (Å²) in [7, 11) is 3.68. The Kier molecular flexibility index (Phi) is 6.10. The minimum Gasteiger partial charge on any atom is -0.457 e. The van der Waals surface area contributed by atoms with Gasteiger partial charge in [0, 0.05) is 30.5 Å². The Labute approximate surface area is 151 Å². The summed E-state index contributed by atoms with van der Waals surface area (Å²) in [5.41, 5.74) is 1.14. The Morgan fingerprint density at radius 3 is 2.50 bits per heavy atom. The number of amides is 1. The molecule has 2 aromatic carbocycles. The number of benzene rings is 2. The Bertz CT molecular complexity index is 661. The van der Waals surface area contributed by atoms with Crippen LogP contribution in [0.5, 0.6) is 11.5 Å². The third kappa shape index (κ3) is 4.71. The second kappa shape index (κ2) is 8.49. The fraction of sp³-hybridized carbons (Fsp3) is 0.316. The third-order valence-corrected chi connectivity index (χ3v) is 6.67. The highest BCUT2D eigenvalue weighted by molar-refractivity contribution is 8.76. The average Bonchev–Trinajstić information content (AvgIpc) is 2.95. The molecular formula is C19H21NO2S2. The molecule has 1 fully saturated rings. The number of carbonyl (C=O) groups is 1. The van der Waals surface area contributed by atoms with Crippen LogP contribution in [-0.2, 0) is 11.3 Å². The van der Waals surface area contributed by atoms with Crippen molar-refractivity contribution in [2.45, 2.75) is 25.1 Å². The van der Waals surface area contributed by atoms with Crippen molar-refractivity contribution in [3.05, 3.63) is 60.2 Å². The van der Waals surface area contributed by atoms with Crippen molar-refractivity contribution in [2.75, 3.05) is 12.3 Å². The van der Waals surface area contributed by atoms with Gasteiger partial charge in [0.1, 0.15) is 11.5 Å². The van der Waals surface area contributed by atoms with Gasteiger partial charge in [-0.1, -0.05) is 58.8 Å². The molecule has 0 aromatic heterocycles. The van der Waals surface area contributed by atoms with Gasteiger partial charge in [-0.25, -0.2) is 0 Å². The number of carbonyl (C=O) groups excluding carboxylic acids is 1. The molecule has 1 saturated heterocycles. The van der Waals surface area contributed by atoms with E-state index in [1.807, 2.05) is 81.1 Å². The van der Waals surface area contributed by atoms with Crippen LogP contribution < -0.4 is 4.74 Å². The molecule has 24 heavy (non-hydrogen) atoms. The molecule has 0 unspecified atom stereocenters. The van der Waals surface area contributed by atoms with Gasteiger partial charge < -0.3 is 9.64 Å². The van der Waals surface area contributed by atoms with Gasteiger partial charge in [-0.3, -0.25) is 4.79 Å². The minimum absolute atomic E-state index is 0.258. The van der Waals surface area contributed by atoms with Crippen LogP contribution >= 0.6 is 21.6 Å². The van der Waals surface area contributed by atoms with Crippen LogP contribution in [0.1, 0.15) is 18.9 Å². The molecule has 3 rings (SSSR count). The topological polar surface area (TPSA) is 29.5 Å². The Morgan fingerprint density at radius 2 is 1.79 bits per heavy atom. The second-order valence-electron chi connectivity index (χ2n) is 5.66. The molecule has 3 nitrogen and oxygen atoms in total. The second-order valence-corrected chi connectivity index (χ2v) is 8.62. The van der Waals surface area contributed by atoms with E-state index in [0.29, 0.717) is 18.2 Å². The van der Waals surface area contributed by atoms with E-state index in [9.17, 15) is 4.79 Å². The van der Waals surface area contributed by atoms with Crippen molar-refractivity contribution in [2.24, 2.45) is 0 Å². The quantitative estimate of drug-likeness (QED) is 0.652. The van der Waals surface area contributed by atoms with Crippen LogP contribution in [0.4, 0.5) is 0 Å². The van der Waals surface area contributed by atoms with E-state index in [0.717, 1.165) is 29.4 Å². The molecule has 0 bridgehead atoms. The first-order valence-electron chi connectivity index (χ1n) is 8.12. The van der Waals surface area contributed by atoms with E-state index >= 15 is 0 Å². The summed E-state index contributed by atoms with van der Waals surface area (Å²) in [6.07, 6.45) is 0.660. The van der Waals surface area contributed by atoms with Crippen LogP contribution in [0.25, 0.3) is 0 Å². The summed E-state index contributed by atoms with van der Waals surface area (Å²) in [5.74, 6) is 2.98. The van der Waals surface area contributed by atoms with Gasteiger partial charge in [0.05, 0.1) is 0 Å². The van der Waals surface area contributed by atoms with Crippen molar-refractivity contribution in [1.29, 1.82) is 0 Å². The van der Waals surface area contributed by atoms with Crippen molar-refractivity contribution in [3.8, 4) is 11.5 Å². The smallest absolute Gasteiger partial charge is 0.224 e. The summed E-state index contributed by atoms with van der Waals surface area (Å²) in [4.78, 5) is 14.1. The number of likely N-dealkylation sites (tertiary alicyclic amines) is 1. The van der Waals surface area contributed by atoms with Crippen LogP contribution in [-0.4, -0.2) is 28.4 Å². The highest BCUT2D eigenvalue weighted by Gasteiger charge is 2.29. The summed E-state index contributed by atoms with van der Waals surface area (Å²) < 4.78 is 5.80. The number of para-hydroxylation sites is 1. The number of hydrogen-bond donors (Lipinski definition) is 0. The van der Waals surface area contributed by atoms with E-state index < -0.39 is 0 Å². The van der Waals surface area contributed by atoms with Crippen molar-refractivity contribution >= 4 is 27.5 Å². The van der Waals surface area contributed by atoms with E-state index in [1.54, 1.807) is 0 Å². The highest BCUT2D eigenvalue weighted by Crippen LogP contribution is 2.33. The zero-order chi connectivity index (χ0) is 16.8. The third-order valence-electron chi connectivity index (χ3n) is 3.78. The van der Waals surface area contributed by atoms with E-state index in [4.69, 9.17) is 4.74 Å². The van der Waals surface area contributed by atoms with Gasteiger partial charge in [0.15, 0.2) is 0 Å². The van der Waals surface area contributed by atoms with Gasteiger partial charge in [0.25, 0.3) is 0 Å². The lowest BCUT2D eigenvalue weighted by Crippen LogP contribution is -2.24. The van der Waals surface area contributed by atoms with Gasteiger partial charge in [-0.2, -0.15) is 0 Å². The monoisotopic (exact) mass is 359 g/mol. The number of ether oxygens (including phenoxy) is 1. The SMILES string of the molecule is CCSS[C@@H]1CC(=O)N(Cc2ccc(Oc3ccccc3)cc2)C1. The molecule has 2 aromatic rings. The first-order chi connectivity index (χ1) is 11.7. The van der Waals surface area contributed by atoms with Gasteiger partial charge in [-0.05, 0) is 29.8 Å². The van der Waals surface area contributed by atoms with E-state index in [-0.39, 0.29) is 5.91 Å². The number of rotatable bonds is 7. The van der Waals surface area contributed by atoms with Gasteiger partial charge >= 0.3 is 0 Å². The highest BCUT2D eigenvalue weighted by atomic mass is 33.1. The molecule has 1 aliphatic heterocycles. The Hall–Kier alpha value is -1.59. The van der Waals surface area contributed by atoms with Crippen molar-refractivity contribution < 1.29 is 9.53 Å². The molecule has 126 valence electrons. The van der Waals surface area contributed by atoms with Crippen LogP contribution in [0.2, 0.25) is 0 Å². The molecule has 1 atom stereocenters. The molecule has 0 aliphatic carbocycles. The van der Waals surface area contributed by atoms with Crippen molar-refractivity contribution in [3.63, 3.8) is 0 Å². The zero-order valence-corrected chi connectivity index (χ0v) is 15.3. The predicted octanol–water partition coefficient (Wildman–Crippen LogP) is 4.98. The first-order valence-corrected chi connectivity index (χ1v) is 10.5. The lowest BCUT2D eigenvalue weighted by atomic mass is 10.2. The standard InChI is InChI=1S/C19H21NO2S2/c1-2-23-24-18-12-19(21)20(14-18)13-15-8-10-17(11-9-15)22-16-6-4-3-5-7-16/h3-11,18H,2,12-14H2,1H3/t18-/m1/s1. The van der Waals surface area contributed by atoms with Crippen LogP contribution in [0, 0.1) is 0 Å². The maximum Gasteiger partial charge on any atom is 0.224 e. The molecule has 0 saturated carbocycles. The Morgan fingerprint density at radius 1 is 1.08 bits per heavy atom. The zero-order valence-electron chi connectivity index (χ0n) is 13.7. The number of nitrogens with zero attached hydrogens (tertiary/aromatic N) is 1. The maximum absolute atomic E-state index is 12.1. The van der Waals surface area contributed by atoms with Crippen LogP contribution in [0.3, 0.4) is 0 Å². The fourth-order valence-electron chi connectivity index (χ4n) is 2.63.